The quantitative estimate of drug-likeness (QED) is 0.728. The van der Waals surface area contributed by atoms with E-state index in [1.165, 1.54) is 32.5 Å². The van der Waals surface area contributed by atoms with Crippen molar-refractivity contribution in [1.29, 1.82) is 0 Å². The van der Waals surface area contributed by atoms with Crippen molar-refractivity contribution in [3.05, 3.63) is 0 Å². The van der Waals surface area contributed by atoms with Crippen molar-refractivity contribution in [3.8, 4) is 0 Å². The molecule has 102 valence electrons. The number of piperazine rings is 1. The maximum absolute atomic E-state index is 2.67. The summed E-state index contributed by atoms with van der Waals surface area (Å²) in [5.74, 6) is 0.849. The van der Waals surface area contributed by atoms with Gasteiger partial charge in [0.05, 0.1) is 0 Å². The third kappa shape index (κ3) is 4.59. The summed E-state index contributed by atoms with van der Waals surface area (Å²) in [4.78, 5) is 5.33. The molecule has 0 aliphatic carbocycles. The Morgan fingerprint density at radius 3 is 1.94 bits per heavy atom. The van der Waals surface area contributed by atoms with Crippen LogP contribution in [0.25, 0.3) is 0 Å². The second-order valence-corrected chi connectivity index (χ2v) is 6.53. The molecule has 0 spiro atoms. The summed E-state index contributed by atoms with van der Waals surface area (Å²) in [6, 6.07) is 2.09. The van der Waals surface area contributed by atoms with E-state index in [4.69, 9.17) is 0 Å². The van der Waals surface area contributed by atoms with Crippen molar-refractivity contribution in [2.75, 3.05) is 19.6 Å². The van der Waals surface area contributed by atoms with Crippen molar-refractivity contribution in [2.45, 2.75) is 72.5 Å². The van der Waals surface area contributed by atoms with Gasteiger partial charge >= 0.3 is 0 Å². The van der Waals surface area contributed by atoms with E-state index in [2.05, 4.69) is 51.3 Å². The zero-order valence-corrected chi connectivity index (χ0v) is 12.7. The Morgan fingerprint density at radius 1 is 1.00 bits per heavy atom. The zero-order chi connectivity index (χ0) is 13.0. The summed E-state index contributed by atoms with van der Waals surface area (Å²) in [5.41, 5.74) is 0. The molecule has 1 heterocycles. The standard InChI is InChI=1S/C15H32N2/c1-12(2)8-7-9-16-10-14(5)17(13(3)4)15(6)11-16/h12-15H,7-11H2,1-6H3/t14-,15+. The lowest BCUT2D eigenvalue weighted by Crippen LogP contribution is -2.58. The van der Waals surface area contributed by atoms with Gasteiger partial charge in [-0.05, 0) is 53.0 Å². The molecule has 0 aromatic heterocycles. The highest BCUT2D eigenvalue weighted by Gasteiger charge is 2.30. The first-order valence-corrected chi connectivity index (χ1v) is 7.41. The van der Waals surface area contributed by atoms with Crippen molar-refractivity contribution < 1.29 is 0 Å². The second kappa shape index (κ2) is 6.75. The first-order chi connectivity index (χ1) is 7.91. The van der Waals surface area contributed by atoms with E-state index in [1.54, 1.807) is 0 Å². The molecule has 0 saturated carbocycles. The first-order valence-electron chi connectivity index (χ1n) is 7.41. The molecule has 0 amide bonds. The van der Waals surface area contributed by atoms with E-state index in [0.717, 1.165) is 5.92 Å². The average Bonchev–Trinajstić information content (AvgIpc) is 2.14. The van der Waals surface area contributed by atoms with Gasteiger partial charge in [0.2, 0.25) is 0 Å². The van der Waals surface area contributed by atoms with E-state index in [0.29, 0.717) is 18.1 Å². The molecule has 2 atom stereocenters. The fourth-order valence-corrected chi connectivity index (χ4v) is 3.37. The summed E-state index contributed by atoms with van der Waals surface area (Å²) in [7, 11) is 0. The van der Waals surface area contributed by atoms with E-state index >= 15 is 0 Å². The molecule has 0 aromatic carbocycles. The average molecular weight is 240 g/mol. The summed E-state index contributed by atoms with van der Waals surface area (Å²) in [6.07, 6.45) is 2.73. The van der Waals surface area contributed by atoms with E-state index in [9.17, 15) is 0 Å². The van der Waals surface area contributed by atoms with Gasteiger partial charge in [-0.1, -0.05) is 13.8 Å². The Hall–Kier alpha value is -0.0800. The lowest BCUT2D eigenvalue weighted by atomic mass is 10.0. The van der Waals surface area contributed by atoms with Gasteiger partial charge in [0.25, 0.3) is 0 Å². The highest BCUT2D eigenvalue weighted by molar-refractivity contribution is 4.86. The predicted octanol–water partition coefficient (Wildman–Crippen LogP) is 3.23. The molecule has 1 rings (SSSR count). The minimum absolute atomic E-state index is 0.679. The van der Waals surface area contributed by atoms with Gasteiger partial charge in [0.1, 0.15) is 0 Å². The molecule has 0 radical (unpaired) electrons. The van der Waals surface area contributed by atoms with Crippen molar-refractivity contribution >= 4 is 0 Å². The van der Waals surface area contributed by atoms with Crippen LogP contribution in [0.3, 0.4) is 0 Å². The highest BCUT2D eigenvalue weighted by atomic mass is 15.3. The van der Waals surface area contributed by atoms with Crippen LogP contribution < -0.4 is 0 Å². The van der Waals surface area contributed by atoms with Gasteiger partial charge in [-0.3, -0.25) is 4.90 Å². The molecule has 0 N–H and O–H groups in total. The molecule has 1 fully saturated rings. The summed E-state index contributed by atoms with van der Waals surface area (Å²) >= 11 is 0. The van der Waals surface area contributed by atoms with Crippen LogP contribution in [0.5, 0.6) is 0 Å². The van der Waals surface area contributed by atoms with Gasteiger partial charge in [-0.15, -0.1) is 0 Å². The number of rotatable bonds is 5. The molecule has 1 aliphatic rings. The number of nitrogens with zero attached hydrogens (tertiary/aromatic N) is 2. The van der Waals surface area contributed by atoms with E-state index in [1.807, 2.05) is 0 Å². The number of hydrogen-bond acceptors (Lipinski definition) is 2. The molecule has 1 saturated heterocycles. The topological polar surface area (TPSA) is 6.48 Å². The first kappa shape index (κ1) is 15.0. The smallest absolute Gasteiger partial charge is 0.0200 e. The lowest BCUT2D eigenvalue weighted by Gasteiger charge is -2.46. The maximum atomic E-state index is 2.67. The van der Waals surface area contributed by atoms with Crippen LogP contribution in [-0.4, -0.2) is 47.6 Å². The van der Waals surface area contributed by atoms with Crippen LogP contribution >= 0.6 is 0 Å². The van der Waals surface area contributed by atoms with Crippen molar-refractivity contribution in [2.24, 2.45) is 5.92 Å². The van der Waals surface area contributed by atoms with Crippen LogP contribution in [0, 0.1) is 5.92 Å². The highest BCUT2D eigenvalue weighted by Crippen LogP contribution is 2.19. The monoisotopic (exact) mass is 240 g/mol. The van der Waals surface area contributed by atoms with Gasteiger partial charge in [0.15, 0.2) is 0 Å². The Kier molecular flexibility index (Phi) is 5.94. The molecule has 0 aromatic rings. The maximum Gasteiger partial charge on any atom is 0.0200 e. The summed E-state index contributed by atoms with van der Waals surface area (Å²) in [5, 5.41) is 0. The van der Waals surface area contributed by atoms with E-state index in [-0.39, 0.29) is 0 Å². The molecule has 0 unspecified atom stereocenters. The van der Waals surface area contributed by atoms with Crippen molar-refractivity contribution in [1.82, 2.24) is 9.80 Å². The predicted molar refractivity (Wildman–Crippen MR) is 76.4 cm³/mol. The Balaban J connectivity index is 2.37. The van der Waals surface area contributed by atoms with Gasteiger partial charge in [0, 0.05) is 31.2 Å². The van der Waals surface area contributed by atoms with Crippen LogP contribution in [-0.2, 0) is 0 Å². The molecular weight excluding hydrogens is 208 g/mol. The zero-order valence-electron chi connectivity index (χ0n) is 12.7. The largest absolute Gasteiger partial charge is 0.300 e. The third-order valence-electron chi connectivity index (χ3n) is 3.91. The van der Waals surface area contributed by atoms with Gasteiger partial charge in [-0.25, -0.2) is 0 Å². The fourth-order valence-electron chi connectivity index (χ4n) is 3.37. The Bertz CT molecular complexity index is 201. The van der Waals surface area contributed by atoms with Gasteiger partial charge < -0.3 is 4.90 Å². The summed E-state index contributed by atoms with van der Waals surface area (Å²) in [6.45, 7) is 17.8. The minimum atomic E-state index is 0.679. The SMILES string of the molecule is CC(C)CCCN1C[C@@H](C)N(C(C)C)[C@@H](C)C1. The fraction of sp³-hybridized carbons (Fsp3) is 1.00. The minimum Gasteiger partial charge on any atom is -0.300 e. The molecule has 2 nitrogen and oxygen atoms in total. The van der Waals surface area contributed by atoms with E-state index < -0.39 is 0 Å². The van der Waals surface area contributed by atoms with Crippen LogP contribution in [0.1, 0.15) is 54.4 Å². The molecule has 2 heteroatoms. The Morgan fingerprint density at radius 2 is 1.53 bits per heavy atom. The molecule has 1 aliphatic heterocycles. The Labute approximate surface area is 108 Å². The van der Waals surface area contributed by atoms with Gasteiger partial charge in [-0.2, -0.15) is 0 Å². The second-order valence-electron chi connectivity index (χ2n) is 6.53. The molecular formula is C15H32N2. The van der Waals surface area contributed by atoms with Crippen LogP contribution in [0.15, 0.2) is 0 Å². The summed E-state index contributed by atoms with van der Waals surface area (Å²) < 4.78 is 0. The van der Waals surface area contributed by atoms with Crippen molar-refractivity contribution in [3.63, 3.8) is 0 Å². The lowest BCUT2D eigenvalue weighted by molar-refractivity contribution is 0.0158. The van der Waals surface area contributed by atoms with Crippen LogP contribution in [0.2, 0.25) is 0 Å². The normalized spacial score (nSPS) is 28.2. The molecule has 0 bridgehead atoms. The molecule has 17 heavy (non-hydrogen) atoms. The van der Waals surface area contributed by atoms with Crippen LogP contribution in [0.4, 0.5) is 0 Å². The number of hydrogen-bond donors (Lipinski definition) is 0. The third-order valence-corrected chi connectivity index (χ3v) is 3.91.